The zero-order valence-corrected chi connectivity index (χ0v) is 9.72. The number of ether oxygens (including phenoxy) is 1. The number of aliphatic hydroxyl groups excluding tert-OH is 2. The van der Waals surface area contributed by atoms with E-state index in [1.807, 2.05) is 6.92 Å². The van der Waals surface area contributed by atoms with Crippen molar-refractivity contribution in [1.29, 1.82) is 0 Å². The van der Waals surface area contributed by atoms with Crippen molar-refractivity contribution < 1.29 is 19.7 Å². The molecule has 3 N–H and O–H groups in total. The van der Waals surface area contributed by atoms with Crippen LogP contribution in [0.5, 0.6) is 5.75 Å². The molecule has 5 heteroatoms. The lowest BCUT2D eigenvalue weighted by Gasteiger charge is -2.12. The summed E-state index contributed by atoms with van der Waals surface area (Å²) in [6.45, 7) is 1.94. The first-order valence-electron chi connectivity index (χ1n) is 5.48. The van der Waals surface area contributed by atoms with E-state index in [0.717, 1.165) is 0 Å². The number of hydrogen-bond donors (Lipinski definition) is 3. The highest BCUT2D eigenvalue weighted by atomic mass is 16.5. The average molecular weight is 239 g/mol. The second kappa shape index (κ2) is 6.88. The average Bonchev–Trinajstić information content (AvgIpc) is 2.36. The quantitative estimate of drug-likeness (QED) is 0.661. The van der Waals surface area contributed by atoms with Crippen molar-refractivity contribution in [1.82, 2.24) is 5.32 Å². The number of para-hydroxylation sites is 1. The normalized spacial score (nSPS) is 11.9. The molecule has 0 bridgehead atoms. The molecule has 0 heterocycles. The minimum absolute atomic E-state index is 0.00971. The minimum Gasteiger partial charge on any atom is -0.493 e. The van der Waals surface area contributed by atoms with Gasteiger partial charge in [0.05, 0.1) is 24.9 Å². The van der Waals surface area contributed by atoms with Gasteiger partial charge in [-0.05, 0) is 19.1 Å². The van der Waals surface area contributed by atoms with Crippen LogP contribution in [0, 0.1) is 0 Å². The molecule has 0 saturated carbocycles. The topological polar surface area (TPSA) is 78.8 Å². The third kappa shape index (κ3) is 4.05. The Kier molecular flexibility index (Phi) is 5.45. The van der Waals surface area contributed by atoms with Gasteiger partial charge >= 0.3 is 0 Å². The number of aliphatic hydroxyl groups is 2. The van der Waals surface area contributed by atoms with Gasteiger partial charge in [-0.15, -0.1) is 0 Å². The van der Waals surface area contributed by atoms with E-state index in [2.05, 4.69) is 5.32 Å². The van der Waals surface area contributed by atoms with Crippen molar-refractivity contribution in [2.45, 2.75) is 13.0 Å². The summed E-state index contributed by atoms with van der Waals surface area (Å²) in [5.74, 6) is 0.174. The zero-order valence-electron chi connectivity index (χ0n) is 9.72. The number of benzene rings is 1. The van der Waals surface area contributed by atoms with Gasteiger partial charge in [0.1, 0.15) is 5.75 Å². The van der Waals surface area contributed by atoms with Crippen LogP contribution in [0.3, 0.4) is 0 Å². The predicted octanol–water partition coefficient (Wildman–Crippen LogP) is 0.168. The predicted molar refractivity (Wildman–Crippen MR) is 63.0 cm³/mol. The van der Waals surface area contributed by atoms with Crippen LogP contribution >= 0.6 is 0 Å². The first-order chi connectivity index (χ1) is 8.19. The van der Waals surface area contributed by atoms with Gasteiger partial charge in [-0.1, -0.05) is 12.1 Å². The third-order valence-corrected chi connectivity index (χ3v) is 2.14. The molecular formula is C12H17NO4. The van der Waals surface area contributed by atoms with Crippen LogP contribution in [-0.4, -0.2) is 42.0 Å². The second-order valence-corrected chi connectivity index (χ2v) is 3.48. The van der Waals surface area contributed by atoms with Crippen LogP contribution in [0.2, 0.25) is 0 Å². The molecule has 1 rings (SSSR count). The summed E-state index contributed by atoms with van der Waals surface area (Å²) >= 11 is 0. The molecule has 1 amide bonds. The molecule has 1 atom stereocenters. The highest BCUT2D eigenvalue weighted by molar-refractivity contribution is 5.96. The largest absolute Gasteiger partial charge is 0.493 e. The number of hydrogen-bond acceptors (Lipinski definition) is 4. The van der Waals surface area contributed by atoms with Crippen molar-refractivity contribution in [3.63, 3.8) is 0 Å². The van der Waals surface area contributed by atoms with Gasteiger partial charge in [-0.25, -0.2) is 0 Å². The first-order valence-corrected chi connectivity index (χ1v) is 5.48. The molecule has 17 heavy (non-hydrogen) atoms. The van der Waals surface area contributed by atoms with Gasteiger partial charge in [-0.2, -0.15) is 0 Å². The van der Waals surface area contributed by atoms with Crippen molar-refractivity contribution in [3.05, 3.63) is 29.8 Å². The molecule has 0 spiro atoms. The molecular weight excluding hydrogens is 222 g/mol. The van der Waals surface area contributed by atoms with E-state index in [-0.39, 0.29) is 19.1 Å². The van der Waals surface area contributed by atoms with Crippen LogP contribution in [0.4, 0.5) is 0 Å². The maximum atomic E-state index is 11.8. The number of nitrogens with one attached hydrogen (secondary N) is 1. The van der Waals surface area contributed by atoms with Crippen molar-refractivity contribution in [2.24, 2.45) is 0 Å². The number of amides is 1. The van der Waals surface area contributed by atoms with E-state index in [1.54, 1.807) is 24.3 Å². The van der Waals surface area contributed by atoms with E-state index in [0.29, 0.717) is 17.9 Å². The standard InChI is InChI=1S/C12H17NO4/c1-2-17-11-6-4-3-5-10(11)12(16)13-7-9(15)8-14/h3-6,9,14-15H,2,7-8H2,1H3,(H,13,16). The zero-order chi connectivity index (χ0) is 12.7. The second-order valence-electron chi connectivity index (χ2n) is 3.48. The fourth-order valence-corrected chi connectivity index (χ4v) is 1.31. The SMILES string of the molecule is CCOc1ccccc1C(=O)NCC(O)CO. The third-order valence-electron chi connectivity index (χ3n) is 2.14. The van der Waals surface area contributed by atoms with E-state index < -0.39 is 6.10 Å². The van der Waals surface area contributed by atoms with Gasteiger partial charge in [0.15, 0.2) is 0 Å². The van der Waals surface area contributed by atoms with Crippen LogP contribution < -0.4 is 10.1 Å². The Morgan fingerprint density at radius 1 is 1.47 bits per heavy atom. The maximum absolute atomic E-state index is 11.8. The fourth-order valence-electron chi connectivity index (χ4n) is 1.31. The number of carbonyl (C=O) groups is 1. The van der Waals surface area contributed by atoms with Crippen molar-refractivity contribution in [2.75, 3.05) is 19.8 Å². The van der Waals surface area contributed by atoms with E-state index in [1.165, 1.54) is 0 Å². The summed E-state index contributed by atoms with van der Waals surface area (Å²) in [7, 11) is 0. The monoisotopic (exact) mass is 239 g/mol. The summed E-state index contributed by atoms with van der Waals surface area (Å²) in [4.78, 5) is 11.8. The van der Waals surface area contributed by atoms with Crippen LogP contribution in [0.25, 0.3) is 0 Å². The molecule has 0 aromatic heterocycles. The van der Waals surface area contributed by atoms with Crippen LogP contribution in [0.15, 0.2) is 24.3 Å². The van der Waals surface area contributed by atoms with Gasteiger partial charge in [0.2, 0.25) is 0 Å². The molecule has 0 aliphatic rings. The molecule has 1 aromatic carbocycles. The van der Waals surface area contributed by atoms with Crippen LogP contribution in [0.1, 0.15) is 17.3 Å². The maximum Gasteiger partial charge on any atom is 0.255 e. The smallest absolute Gasteiger partial charge is 0.255 e. The Morgan fingerprint density at radius 2 is 2.18 bits per heavy atom. The lowest BCUT2D eigenvalue weighted by molar-refractivity contribution is 0.0799. The van der Waals surface area contributed by atoms with Crippen molar-refractivity contribution >= 4 is 5.91 Å². The van der Waals surface area contributed by atoms with E-state index >= 15 is 0 Å². The number of carbonyl (C=O) groups excluding carboxylic acids is 1. The first kappa shape index (κ1) is 13.5. The molecule has 5 nitrogen and oxygen atoms in total. The van der Waals surface area contributed by atoms with Crippen molar-refractivity contribution in [3.8, 4) is 5.75 Å². The molecule has 1 aromatic rings. The molecule has 0 saturated heterocycles. The minimum atomic E-state index is -0.946. The highest BCUT2D eigenvalue weighted by Gasteiger charge is 2.12. The summed E-state index contributed by atoms with van der Waals surface area (Å²) in [6, 6.07) is 6.87. The lowest BCUT2D eigenvalue weighted by Crippen LogP contribution is -2.34. The van der Waals surface area contributed by atoms with Gasteiger partial charge in [-0.3, -0.25) is 4.79 Å². The van der Waals surface area contributed by atoms with Gasteiger partial charge < -0.3 is 20.3 Å². The van der Waals surface area contributed by atoms with Gasteiger partial charge in [0.25, 0.3) is 5.91 Å². The molecule has 1 unspecified atom stereocenters. The summed E-state index contributed by atoms with van der Waals surface area (Å²) in [5, 5.41) is 20.3. The Bertz CT molecular complexity index is 367. The van der Waals surface area contributed by atoms with Crippen LogP contribution in [-0.2, 0) is 0 Å². The Balaban J connectivity index is 2.67. The lowest BCUT2D eigenvalue weighted by atomic mass is 10.2. The summed E-state index contributed by atoms with van der Waals surface area (Å²) in [6.07, 6.45) is -0.946. The summed E-state index contributed by atoms with van der Waals surface area (Å²) < 4.78 is 5.32. The summed E-state index contributed by atoms with van der Waals surface area (Å²) in [5.41, 5.74) is 0.416. The molecule has 0 aliphatic heterocycles. The van der Waals surface area contributed by atoms with E-state index in [9.17, 15) is 4.79 Å². The molecule has 0 radical (unpaired) electrons. The molecule has 0 aliphatic carbocycles. The number of rotatable bonds is 6. The molecule has 0 fully saturated rings. The highest BCUT2D eigenvalue weighted by Crippen LogP contribution is 2.17. The molecule has 94 valence electrons. The Morgan fingerprint density at radius 3 is 2.82 bits per heavy atom. The van der Waals surface area contributed by atoms with E-state index in [4.69, 9.17) is 14.9 Å². The Hall–Kier alpha value is -1.59. The Labute approximate surface area is 100 Å². The fraction of sp³-hybridized carbons (Fsp3) is 0.417. The van der Waals surface area contributed by atoms with Gasteiger partial charge in [0, 0.05) is 6.54 Å².